The van der Waals surface area contributed by atoms with Crippen LogP contribution in [-0.4, -0.2) is 48.7 Å². The van der Waals surface area contributed by atoms with Gasteiger partial charge in [0.05, 0.1) is 11.5 Å². The van der Waals surface area contributed by atoms with Crippen molar-refractivity contribution in [2.45, 2.75) is 32.8 Å². The van der Waals surface area contributed by atoms with Crippen molar-refractivity contribution in [2.24, 2.45) is 5.92 Å². The van der Waals surface area contributed by atoms with Gasteiger partial charge in [0.2, 0.25) is 0 Å². The Bertz CT molecular complexity index is 507. The second-order valence-electron chi connectivity index (χ2n) is 6.50. The van der Waals surface area contributed by atoms with Crippen molar-refractivity contribution >= 4 is 23.2 Å². The molecule has 0 radical (unpaired) electrons. The van der Waals surface area contributed by atoms with Gasteiger partial charge in [-0.2, -0.15) is 0 Å². The molecule has 2 heterocycles. The number of rotatable bonds is 5. The summed E-state index contributed by atoms with van der Waals surface area (Å²) in [4.78, 5) is 26.2. The number of carbonyl (C=O) groups is 2. The largest absolute Gasteiger partial charge is 0.444 e. The Balaban J connectivity index is 1.68. The Morgan fingerprint density at radius 1 is 1.41 bits per heavy atom. The van der Waals surface area contributed by atoms with E-state index in [1.165, 1.54) is 11.3 Å². The monoisotopic (exact) mass is 325 g/mol. The third-order valence-electron chi connectivity index (χ3n) is 3.32. The fourth-order valence-corrected chi connectivity index (χ4v) is 2.94. The summed E-state index contributed by atoms with van der Waals surface area (Å²) in [5.41, 5.74) is -0.473. The highest BCUT2D eigenvalue weighted by atomic mass is 32.1. The first kappa shape index (κ1) is 17.0. The van der Waals surface area contributed by atoms with Crippen LogP contribution in [0.25, 0.3) is 0 Å². The van der Waals surface area contributed by atoms with Crippen molar-refractivity contribution in [2.75, 3.05) is 26.3 Å². The number of Topliss-reactive ketones (excluding diaryl/α,β-unsaturated/α-hetero) is 1. The summed E-state index contributed by atoms with van der Waals surface area (Å²) in [7, 11) is 0. The van der Waals surface area contributed by atoms with E-state index < -0.39 is 5.60 Å². The Morgan fingerprint density at radius 2 is 2.18 bits per heavy atom. The van der Waals surface area contributed by atoms with Gasteiger partial charge in [-0.05, 0) is 38.6 Å². The van der Waals surface area contributed by atoms with Gasteiger partial charge < -0.3 is 14.4 Å². The van der Waals surface area contributed by atoms with Gasteiger partial charge in [-0.25, -0.2) is 4.79 Å². The zero-order chi connectivity index (χ0) is 16.2. The molecule has 0 aliphatic carbocycles. The summed E-state index contributed by atoms with van der Waals surface area (Å²) in [5.74, 6) is 0.278. The summed E-state index contributed by atoms with van der Waals surface area (Å²) in [6.45, 7) is 7.48. The van der Waals surface area contributed by atoms with Crippen LogP contribution in [0, 0.1) is 5.92 Å². The number of thiophene rings is 1. The van der Waals surface area contributed by atoms with E-state index >= 15 is 0 Å². The van der Waals surface area contributed by atoms with Crippen molar-refractivity contribution in [3.8, 4) is 0 Å². The molecule has 0 bridgehead atoms. The van der Waals surface area contributed by atoms with Crippen LogP contribution in [-0.2, 0) is 9.47 Å². The maximum Gasteiger partial charge on any atom is 0.410 e. The van der Waals surface area contributed by atoms with Gasteiger partial charge in [0.1, 0.15) is 12.2 Å². The Hall–Kier alpha value is -1.40. The third kappa shape index (κ3) is 5.10. The molecule has 5 nitrogen and oxygen atoms in total. The lowest BCUT2D eigenvalue weighted by atomic mass is 10.1. The van der Waals surface area contributed by atoms with Gasteiger partial charge in [-0.15, -0.1) is 11.3 Å². The summed E-state index contributed by atoms with van der Waals surface area (Å²) >= 11 is 1.42. The lowest BCUT2D eigenvalue weighted by molar-refractivity contribution is 0.0273. The second kappa shape index (κ2) is 7.24. The molecule has 0 saturated carbocycles. The van der Waals surface area contributed by atoms with Crippen molar-refractivity contribution in [1.82, 2.24) is 4.90 Å². The molecule has 0 aromatic carbocycles. The minimum atomic E-state index is -0.473. The molecule has 1 fully saturated rings. The topological polar surface area (TPSA) is 55.8 Å². The number of ketones is 1. The minimum absolute atomic E-state index is 0.0111. The van der Waals surface area contributed by atoms with E-state index in [0.29, 0.717) is 19.7 Å². The van der Waals surface area contributed by atoms with Gasteiger partial charge in [-0.3, -0.25) is 4.79 Å². The Labute approximate surface area is 135 Å². The van der Waals surface area contributed by atoms with E-state index in [1.54, 1.807) is 11.0 Å². The number of carbonyl (C=O) groups excluding carboxylic acids is 2. The predicted octanol–water partition coefficient (Wildman–Crippen LogP) is 3.20. The average Bonchev–Trinajstić information content (AvgIpc) is 3.08. The molecular formula is C16H23NO4S. The van der Waals surface area contributed by atoms with E-state index in [2.05, 4.69) is 0 Å². The van der Waals surface area contributed by atoms with E-state index in [4.69, 9.17) is 9.47 Å². The number of amides is 1. The fourth-order valence-electron chi connectivity index (χ4n) is 2.29. The number of ether oxygens (including phenoxy) is 2. The highest BCUT2D eigenvalue weighted by Crippen LogP contribution is 2.20. The van der Waals surface area contributed by atoms with Crippen LogP contribution in [0.3, 0.4) is 0 Å². The van der Waals surface area contributed by atoms with Crippen molar-refractivity contribution in [1.29, 1.82) is 0 Å². The SMILES string of the molecule is CC(C)(C)OC(=O)N1CC[C@H](COCC(=O)c2cccs2)C1. The highest BCUT2D eigenvalue weighted by molar-refractivity contribution is 7.12. The van der Waals surface area contributed by atoms with E-state index in [9.17, 15) is 9.59 Å². The number of hydrogen-bond acceptors (Lipinski definition) is 5. The normalized spacial score (nSPS) is 18.5. The number of nitrogens with zero attached hydrogens (tertiary/aromatic N) is 1. The standard InChI is InChI=1S/C16H23NO4S/c1-16(2,3)21-15(19)17-7-6-12(9-17)10-20-11-13(18)14-5-4-8-22-14/h4-5,8,12H,6-7,9-11H2,1-3H3/t12-/m0/s1. The van der Waals surface area contributed by atoms with Gasteiger partial charge >= 0.3 is 6.09 Å². The first-order valence-electron chi connectivity index (χ1n) is 7.47. The van der Waals surface area contributed by atoms with Crippen LogP contribution < -0.4 is 0 Å². The van der Waals surface area contributed by atoms with E-state index in [0.717, 1.165) is 11.3 Å². The van der Waals surface area contributed by atoms with Crippen LogP contribution in [0.1, 0.15) is 36.9 Å². The lowest BCUT2D eigenvalue weighted by Crippen LogP contribution is -2.35. The Morgan fingerprint density at radius 3 is 2.82 bits per heavy atom. The molecule has 1 amide bonds. The quantitative estimate of drug-likeness (QED) is 0.780. The molecule has 22 heavy (non-hydrogen) atoms. The molecule has 0 spiro atoms. The molecule has 0 unspecified atom stereocenters. The zero-order valence-electron chi connectivity index (χ0n) is 13.3. The molecule has 122 valence electrons. The number of hydrogen-bond donors (Lipinski definition) is 0. The van der Waals surface area contributed by atoms with Crippen molar-refractivity contribution in [3.05, 3.63) is 22.4 Å². The van der Waals surface area contributed by atoms with Gasteiger partial charge in [-0.1, -0.05) is 6.07 Å². The summed E-state index contributed by atoms with van der Waals surface area (Å²) in [6.07, 6.45) is 0.608. The average molecular weight is 325 g/mol. The molecule has 6 heteroatoms. The molecule has 2 rings (SSSR count). The highest BCUT2D eigenvalue weighted by Gasteiger charge is 2.29. The minimum Gasteiger partial charge on any atom is -0.444 e. The fraction of sp³-hybridized carbons (Fsp3) is 0.625. The third-order valence-corrected chi connectivity index (χ3v) is 4.23. The molecule has 1 aromatic heterocycles. The summed E-state index contributed by atoms with van der Waals surface area (Å²) in [5, 5.41) is 1.88. The van der Waals surface area contributed by atoms with Gasteiger partial charge in [0, 0.05) is 19.0 Å². The van der Waals surface area contributed by atoms with E-state index in [-0.39, 0.29) is 24.4 Å². The number of likely N-dealkylation sites (tertiary alicyclic amines) is 1. The molecule has 1 aliphatic heterocycles. The first-order chi connectivity index (χ1) is 10.3. The Kier molecular flexibility index (Phi) is 5.58. The molecule has 1 aliphatic rings. The molecule has 1 atom stereocenters. The molecule has 1 saturated heterocycles. The molecule has 0 N–H and O–H groups in total. The predicted molar refractivity (Wildman–Crippen MR) is 85.4 cm³/mol. The smallest absolute Gasteiger partial charge is 0.410 e. The van der Waals surface area contributed by atoms with Crippen LogP contribution in [0.2, 0.25) is 0 Å². The molecule has 1 aromatic rings. The second-order valence-corrected chi connectivity index (χ2v) is 7.44. The van der Waals surface area contributed by atoms with Gasteiger partial charge in [0.25, 0.3) is 0 Å². The lowest BCUT2D eigenvalue weighted by Gasteiger charge is -2.24. The summed E-state index contributed by atoms with van der Waals surface area (Å²) < 4.78 is 10.9. The van der Waals surface area contributed by atoms with Crippen LogP contribution in [0.5, 0.6) is 0 Å². The first-order valence-corrected chi connectivity index (χ1v) is 8.35. The van der Waals surface area contributed by atoms with Crippen LogP contribution in [0.15, 0.2) is 17.5 Å². The van der Waals surface area contributed by atoms with Crippen molar-refractivity contribution < 1.29 is 19.1 Å². The molecular weight excluding hydrogens is 302 g/mol. The van der Waals surface area contributed by atoms with Crippen LogP contribution >= 0.6 is 11.3 Å². The maximum atomic E-state index is 12.0. The van der Waals surface area contributed by atoms with E-state index in [1.807, 2.05) is 32.2 Å². The zero-order valence-corrected chi connectivity index (χ0v) is 14.1. The maximum absolute atomic E-state index is 12.0. The summed E-state index contributed by atoms with van der Waals surface area (Å²) in [6, 6.07) is 3.66. The van der Waals surface area contributed by atoms with Crippen LogP contribution in [0.4, 0.5) is 4.79 Å². The van der Waals surface area contributed by atoms with Crippen molar-refractivity contribution in [3.63, 3.8) is 0 Å². The van der Waals surface area contributed by atoms with Gasteiger partial charge in [0.15, 0.2) is 5.78 Å².